The summed E-state index contributed by atoms with van der Waals surface area (Å²) in [4.78, 5) is 11.9. The minimum Gasteiger partial charge on any atom is -0.298 e. The van der Waals surface area contributed by atoms with Crippen molar-refractivity contribution in [2.45, 2.75) is 110 Å². The molecule has 0 aliphatic heterocycles. The molecule has 2 rings (SSSR count). The molecule has 0 radical (unpaired) electrons. The van der Waals surface area contributed by atoms with Crippen molar-refractivity contribution in [3.8, 4) is 0 Å². The van der Waals surface area contributed by atoms with Crippen molar-refractivity contribution >= 4 is 11.6 Å². The maximum Gasteiger partial charge on any atom is 0.238 e. The van der Waals surface area contributed by atoms with Crippen LogP contribution in [0.15, 0.2) is 24.3 Å². The lowest BCUT2D eigenvalue weighted by Gasteiger charge is -2.10. The van der Waals surface area contributed by atoms with Crippen LogP contribution in [-0.4, -0.2) is 5.91 Å². The van der Waals surface area contributed by atoms with Gasteiger partial charge in [-0.3, -0.25) is 15.6 Å². The second-order valence-corrected chi connectivity index (χ2v) is 9.11. The molecule has 164 valence electrons. The Morgan fingerprint density at radius 2 is 1.45 bits per heavy atom. The van der Waals surface area contributed by atoms with Crippen LogP contribution in [0.5, 0.6) is 0 Å². The number of unbranched alkanes of at least 4 members (excludes halogenated alkanes) is 9. The highest BCUT2D eigenvalue weighted by Crippen LogP contribution is 2.45. The number of carbonyl (C=O) groups excluding carboxylic acids is 1. The van der Waals surface area contributed by atoms with Crippen LogP contribution < -0.4 is 10.9 Å². The molecular weight excluding hydrogens is 356 g/mol. The van der Waals surface area contributed by atoms with Gasteiger partial charge >= 0.3 is 0 Å². The number of benzene rings is 1. The largest absolute Gasteiger partial charge is 0.298 e. The van der Waals surface area contributed by atoms with Crippen LogP contribution in [-0.2, 0) is 4.79 Å². The van der Waals surface area contributed by atoms with E-state index in [2.05, 4.69) is 17.8 Å². The fraction of sp³-hybridized carbons (Fsp3) is 0.731. The van der Waals surface area contributed by atoms with Gasteiger partial charge in [0.05, 0.1) is 5.69 Å². The number of rotatable bonds is 17. The molecule has 0 saturated heterocycles. The van der Waals surface area contributed by atoms with Crippen LogP contribution in [0.2, 0.25) is 0 Å². The average Bonchev–Trinajstić information content (AvgIpc) is 3.47. The summed E-state index contributed by atoms with van der Waals surface area (Å²) >= 11 is 0. The summed E-state index contributed by atoms with van der Waals surface area (Å²) in [6.45, 7) is 4.32. The van der Waals surface area contributed by atoms with Crippen LogP contribution in [0.1, 0.15) is 109 Å². The molecule has 1 aliphatic rings. The van der Waals surface area contributed by atoms with Gasteiger partial charge in [0.1, 0.15) is 0 Å². The molecule has 29 heavy (non-hydrogen) atoms. The number of hydrogen-bond acceptors (Lipinski definition) is 2. The maximum absolute atomic E-state index is 11.9. The highest BCUT2D eigenvalue weighted by atomic mass is 16.2. The zero-order valence-electron chi connectivity index (χ0n) is 19.0. The topological polar surface area (TPSA) is 41.1 Å². The van der Waals surface area contributed by atoms with Crippen molar-refractivity contribution in [3.63, 3.8) is 0 Å². The lowest BCUT2D eigenvalue weighted by atomic mass is 10.0. The van der Waals surface area contributed by atoms with Gasteiger partial charge in [0.25, 0.3) is 0 Å². The Bertz CT molecular complexity index is 572. The Morgan fingerprint density at radius 3 is 2.10 bits per heavy atom. The van der Waals surface area contributed by atoms with Crippen LogP contribution in [0.3, 0.4) is 0 Å². The molecule has 1 aromatic rings. The highest BCUT2D eigenvalue weighted by Gasteiger charge is 2.34. The fourth-order valence-corrected chi connectivity index (χ4v) is 4.34. The van der Waals surface area contributed by atoms with Gasteiger partial charge in [-0.25, -0.2) is 0 Å². The van der Waals surface area contributed by atoms with E-state index in [0.717, 1.165) is 29.5 Å². The third kappa shape index (κ3) is 10.7. The van der Waals surface area contributed by atoms with E-state index in [0.29, 0.717) is 6.42 Å². The number of anilines is 1. The molecular formula is C26H44N2O. The van der Waals surface area contributed by atoms with Crippen molar-refractivity contribution in [2.24, 2.45) is 11.8 Å². The van der Waals surface area contributed by atoms with Gasteiger partial charge in [-0.15, -0.1) is 0 Å². The molecule has 0 heterocycles. The van der Waals surface area contributed by atoms with E-state index in [1.54, 1.807) is 0 Å². The number of aryl methyl sites for hydroxylation is 1. The summed E-state index contributed by atoms with van der Waals surface area (Å²) in [6.07, 6.45) is 19.8. The fourth-order valence-electron chi connectivity index (χ4n) is 4.34. The minimum atomic E-state index is 0.0868. The van der Waals surface area contributed by atoms with Crippen LogP contribution in [0, 0.1) is 18.8 Å². The number of para-hydroxylation sites is 1. The normalized spacial score (nSPS) is 17.9. The number of amides is 1. The van der Waals surface area contributed by atoms with Crippen molar-refractivity contribution < 1.29 is 4.79 Å². The summed E-state index contributed by atoms with van der Waals surface area (Å²) in [5.74, 6) is 2.19. The number of hydrogen-bond donors (Lipinski definition) is 2. The maximum atomic E-state index is 11.9. The second-order valence-electron chi connectivity index (χ2n) is 9.11. The quantitative estimate of drug-likeness (QED) is 0.209. The third-order valence-corrected chi connectivity index (χ3v) is 6.46. The van der Waals surface area contributed by atoms with E-state index in [4.69, 9.17) is 0 Å². The van der Waals surface area contributed by atoms with Crippen LogP contribution in [0.4, 0.5) is 5.69 Å². The Kier molecular flexibility index (Phi) is 11.9. The molecule has 1 amide bonds. The Hall–Kier alpha value is -1.51. The van der Waals surface area contributed by atoms with Gasteiger partial charge in [0.2, 0.25) is 5.91 Å². The average molecular weight is 401 g/mol. The highest BCUT2D eigenvalue weighted by molar-refractivity contribution is 5.77. The Balaban J connectivity index is 1.35. The SMILES string of the molecule is CCCCCCCC[C@@H]1C[C@H]1CCCCCCCC(=O)NNc1ccccc1C. The zero-order chi connectivity index (χ0) is 20.7. The molecule has 3 heteroatoms. The molecule has 0 bridgehead atoms. The van der Waals surface area contributed by atoms with Crippen LogP contribution >= 0.6 is 0 Å². The van der Waals surface area contributed by atoms with E-state index < -0.39 is 0 Å². The van der Waals surface area contributed by atoms with Crippen LogP contribution in [0.25, 0.3) is 0 Å². The first-order chi connectivity index (χ1) is 14.2. The first kappa shape index (κ1) is 23.8. The molecule has 2 atom stereocenters. The molecule has 0 unspecified atom stereocenters. The smallest absolute Gasteiger partial charge is 0.238 e. The first-order valence-electron chi connectivity index (χ1n) is 12.3. The zero-order valence-corrected chi connectivity index (χ0v) is 19.0. The lowest BCUT2D eigenvalue weighted by Crippen LogP contribution is -2.29. The number of carbonyl (C=O) groups is 1. The lowest BCUT2D eigenvalue weighted by molar-refractivity contribution is -0.120. The van der Waals surface area contributed by atoms with Gasteiger partial charge < -0.3 is 0 Å². The van der Waals surface area contributed by atoms with Gasteiger partial charge in [0, 0.05) is 6.42 Å². The van der Waals surface area contributed by atoms with Gasteiger partial charge in [0.15, 0.2) is 0 Å². The van der Waals surface area contributed by atoms with Gasteiger partial charge in [-0.2, -0.15) is 0 Å². The standard InChI is InChI=1S/C26H44N2O/c1-3-4-5-6-8-11-17-23-21-24(23)18-12-9-7-10-13-20-26(29)28-27-25-19-15-14-16-22(25)2/h14-16,19,23-24,27H,3-13,17-18,20-21H2,1-2H3,(H,28,29)/t23-,24-/m1/s1. The number of hydrazine groups is 1. The second kappa shape index (κ2) is 14.5. The summed E-state index contributed by atoms with van der Waals surface area (Å²) < 4.78 is 0. The van der Waals surface area contributed by atoms with E-state index in [9.17, 15) is 4.79 Å². The molecule has 0 spiro atoms. The minimum absolute atomic E-state index is 0.0868. The number of nitrogens with one attached hydrogen (secondary N) is 2. The van der Waals surface area contributed by atoms with Crippen molar-refractivity contribution in [3.05, 3.63) is 29.8 Å². The molecule has 2 N–H and O–H groups in total. The summed E-state index contributed by atoms with van der Waals surface area (Å²) in [6, 6.07) is 7.99. The van der Waals surface area contributed by atoms with E-state index >= 15 is 0 Å². The van der Waals surface area contributed by atoms with Crippen molar-refractivity contribution in [2.75, 3.05) is 5.43 Å². The van der Waals surface area contributed by atoms with Gasteiger partial charge in [-0.05, 0) is 43.2 Å². The summed E-state index contributed by atoms with van der Waals surface area (Å²) in [7, 11) is 0. The molecule has 0 aromatic heterocycles. The van der Waals surface area contributed by atoms with Crippen molar-refractivity contribution in [1.29, 1.82) is 0 Å². The van der Waals surface area contributed by atoms with E-state index in [1.807, 2.05) is 31.2 Å². The molecule has 1 saturated carbocycles. The monoisotopic (exact) mass is 400 g/mol. The molecule has 1 aromatic carbocycles. The molecule has 3 nitrogen and oxygen atoms in total. The van der Waals surface area contributed by atoms with E-state index in [1.165, 1.54) is 83.5 Å². The first-order valence-corrected chi connectivity index (χ1v) is 12.3. The summed E-state index contributed by atoms with van der Waals surface area (Å²) in [5.41, 5.74) is 7.94. The molecule has 1 fully saturated rings. The predicted molar refractivity (Wildman–Crippen MR) is 125 cm³/mol. The van der Waals surface area contributed by atoms with Crippen molar-refractivity contribution in [1.82, 2.24) is 5.43 Å². The van der Waals surface area contributed by atoms with Gasteiger partial charge in [-0.1, -0.05) is 102 Å². The Labute approximate surface area is 179 Å². The third-order valence-electron chi connectivity index (χ3n) is 6.46. The molecule has 1 aliphatic carbocycles. The summed E-state index contributed by atoms with van der Waals surface area (Å²) in [5, 5.41) is 0. The predicted octanol–water partition coefficient (Wildman–Crippen LogP) is 7.56. The Morgan fingerprint density at radius 1 is 0.862 bits per heavy atom. The van der Waals surface area contributed by atoms with E-state index in [-0.39, 0.29) is 5.91 Å².